The molecule has 1 aromatic rings. The van der Waals surface area contributed by atoms with Crippen LogP contribution in [0.2, 0.25) is 0 Å². The van der Waals surface area contributed by atoms with Crippen LogP contribution < -0.4 is 10.1 Å². The molecule has 0 radical (unpaired) electrons. The summed E-state index contributed by atoms with van der Waals surface area (Å²) in [4.78, 5) is 23.5. The minimum Gasteiger partial charge on any atom is -0.504 e. The summed E-state index contributed by atoms with van der Waals surface area (Å²) in [5.74, 6) is -0.635. The zero-order valence-corrected chi connectivity index (χ0v) is 13.1. The van der Waals surface area contributed by atoms with E-state index in [2.05, 4.69) is 10.1 Å². The van der Waals surface area contributed by atoms with Crippen molar-refractivity contribution in [2.75, 3.05) is 14.2 Å². The van der Waals surface area contributed by atoms with E-state index in [1.165, 1.54) is 26.4 Å². The quantitative estimate of drug-likeness (QED) is 0.617. The van der Waals surface area contributed by atoms with Crippen LogP contribution in [0.5, 0.6) is 11.5 Å². The van der Waals surface area contributed by atoms with Crippen LogP contribution in [0, 0.1) is 5.92 Å². The predicted octanol–water partition coefficient (Wildman–Crippen LogP) is 1.73. The molecule has 120 valence electrons. The summed E-state index contributed by atoms with van der Waals surface area (Å²) < 4.78 is 9.65. The fraction of sp³-hybridized carbons (Fsp3) is 0.375. The standard InChI is InChI=1S/C16H21NO5/c1-10(2)15(16(20)22-4)17-14(19)8-6-11-5-7-12(18)13(9-11)21-3/h5-10,15,18H,1-4H3,(H,17,19)/b8-6+. The van der Waals surface area contributed by atoms with E-state index >= 15 is 0 Å². The molecule has 6 nitrogen and oxygen atoms in total. The molecular formula is C16H21NO5. The van der Waals surface area contributed by atoms with Crippen molar-refractivity contribution in [3.8, 4) is 11.5 Å². The van der Waals surface area contributed by atoms with Gasteiger partial charge in [0.15, 0.2) is 11.5 Å². The molecule has 1 amide bonds. The van der Waals surface area contributed by atoms with Crippen LogP contribution in [0.1, 0.15) is 19.4 Å². The number of hydrogen-bond acceptors (Lipinski definition) is 5. The molecule has 0 heterocycles. The third kappa shape index (κ3) is 4.80. The number of benzene rings is 1. The molecule has 6 heteroatoms. The number of carbonyl (C=O) groups excluding carboxylic acids is 2. The van der Waals surface area contributed by atoms with Gasteiger partial charge in [0, 0.05) is 6.08 Å². The number of phenols is 1. The van der Waals surface area contributed by atoms with E-state index in [4.69, 9.17) is 4.74 Å². The molecule has 0 bridgehead atoms. The highest BCUT2D eigenvalue weighted by atomic mass is 16.5. The fourth-order valence-corrected chi connectivity index (χ4v) is 1.80. The average Bonchev–Trinajstić information content (AvgIpc) is 2.50. The van der Waals surface area contributed by atoms with Crippen LogP contribution in [0.25, 0.3) is 6.08 Å². The van der Waals surface area contributed by atoms with Gasteiger partial charge in [-0.25, -0.2) is 4.79 Å². The van der Waals surface area contributed by atoms with Gasteiger partial charge < -0.3 is 19.9 Å². The van der Waals surface area contributed by atoms with Gasteiger partial charge in [-0.05, 0) is 29.7 Å². The van der Waals surface area contributed by atoms with Gasteiger partial charge in [0.2, 0.25) is 5.91 Å². The molecule has 0 saturated heterocycles. The summed E-state index contributed by atoms with van der Waals surface area (Å²) in [5.41, 5.74) is 0.684. The molecule has 1 aromatic carbocycles. The van der Waals surface area contributed by atoms with Crippen LogP contribution in [0.4, 0.5) is 0 Å². The largest absolute Gasteiger partial charge is 0.504 e. The summed E-state index contributed by atoms with van der Waals surface area (Å²) >= 11 is 0. The van der Waals surface area contributed by atoms with Crippen molar-refractivity contribution in [3.63, 3.8) is 0 Å². The van der Waals surface area contributed by atoms with Gasteiger partial charge >= 0.3 is 5.97 Å². The molecule has 2 N–H and O–H groups in total. The van der Waals surface area contributed by atoms with Crippen LogP contribution in [-0.2, 0) is 14.3 Å². The van der Waals surface area contributed by atoms with Crippen molar-refractivity contribution >= 4 is 18.0 Å². The number of carbonyl (C=O) groups is 2. The van der Waals surface area contributed by atoms with Crippen LogP contribution in [-0.4, -0.2) is 37.2 Å². The number of phenolic OH excluding ortho intramolecular Hbond substituents is 1. The molecule has 0 saturated carbocycles. The number of hydrogen-bond donors (Lipinski definition) is 2. The zero-order valence-electron chi connectivity index (χ0n) is 13.1. The van der Waals surface area contributed by atoms with E-state index in [0.717, 1.165) is 0 Å². The highest BCUT2D eigenvalue weighted by Gasteiger charge is 2.23. The van der Waals surface area contributed by atoms with Gasteiger partial charge in [-0.2, -0.15) is 0 Å². The molecule has 0 aliphatic heterocycles. The summed E-state index contributed by atoms with van der Waals surface area (Å²) in [6.45, 7) is 3.63. The first kappa shape index (κ1) is 17.6. The topological polar surface area (TPSA) is 84.9 Å². The number of methoxy groups -OCH3 is 2. The molecule has 1 rings (SSSR count). The first-order chi connectivity index (χ1) is 10.4. The van der Waals surface area contributed by atoms with Crippen LogP contribution in [0.15, 0.2) is 24.3 Å². The van der Waals surface area contributed by atoms with E-state index < -0.39 is 17.9 Å². The Bertz CT molecular complexity index is 566. The summed E-state index contributed by atoms with van der Waals surface area (Å²) in [6, 6.07) is 4.01. The molecule has 0 aliphatic rings. The Balaban J connectivity index is 2.77. The lowest BCUT2D eigenvalue weighted by Gasteiger charge is -2.18. The van der Waals surface area contributed by atoms with Gasteiger partial charge in [0.05, 0.1) is 14.2 Å². The smallest absolute Gasteiger partial charge is 0.328 e. The maximum absolute atomic E-state index is 11.9. The van der Waals surface area contributed by atoms with Crippen LogP contribution >= 0.6 is 0 Å². The number of ether oxygens (including phenoxy) is 2. The van der Waals surface area contributed by atoms with E-state index in [9.17, 15) is 14.7 Å². The van der Waals surface area contributed by atoms with E-state index in [1.54, 1.807) is 18.2 Å². The van der Waals surface area contributed by atoms with Crippen molar-refractivity contribution in [2.24, 2.45) is 5.92 Å². The first-order valence-corrected chi connectivity index (χ1v) is 6.82. The molecule has 22 heavy (non-hydrogen) atoms. The number of amides is 1. The maximum Gasteiger partial charge on any atom is 0.328 e. The minimum atomic E-state index is -0.698. The lowest BCUT2D eigenvalue weighted by molar-refractivity contribution is -0.145. The van der Waals surface area contributed by atoms with Crippen molar-refractivity contribution in [3.05, 3.63) is 29.8 Å². The van der Waals surface area contributed by atoms with E-state index in [0.29, 0.717) is 11.3 Å². The lowest BCUT2D eigenvalue weighted by Crippen LogP contribution is -2.44. The predicted molar refractivity (Wildman–Crippen MR) is 82.5 cm³/mol. The average molecular weight is 307 g/mol. The van der Waals surface area contributed by atoms with Crippen molar-refractivity contribution in [1.82, 2.24) is 5.32 Å². The Morgan fingerprint density at radius 1 is 1.27 bits per heavy atom. The Labute approximate surface area is 129 Å². The van der Waals surface area contributed by atoms with Gasteiger partial charge in [0.1, 0.15) is 6.04 Å². The molecular weight excluding hydrogens is 286 g/mol. The van der Waals surface area contributed by atoms with E-state index in [-0.39, 0.29) is 11.7 Å². The second-order valence-electron chi connectivity index (χ2n) is 5.02. The van der Waals surface area contributed by atoms with Crippen LogP contribution in [0.3, 0.4) is 0 Å². The van der Waals surface area contributed by atoms with Crippen molar-refractivity contribution in [1.29, 1.82) is 0 Å². The SMILES string of the molecule is COC(=O)C(NC(=O)/C=C/c1ccc(O)c(OC)c1)C(C)C. The molecule has 0 spiro atoms. The third-order valence-corrected chi connectivity index (χ3v) is 3.05. The second kappa shape index (κ2) is 8.07. The maximum atomic E-state index is 11.9. The van der Waals surface area contributed by atoms with Gasteiger partial charge in [-0.15, -0.1) is 0 Å². The molecule has 0 fully saturated rings. The van der Waals surface area contributed by atoms with E-state index in [1.807, 2.05) is 13.8 Å². The Kier molecular flexibility index (Phi) is 6.44. The summed E-state index contributed by atoms with van der Waals surface area (Å²) in [5, 5.41) is 12.1. The van der Waals surface area contributed by atoms with Crippen molar-refractivity contribution in [2.45, 2.75) is 19.9 Å². The van der Waals surface area contributed by atoms with Gasteiger partial charge in [-0.1, -0.05) is 19.9 Å². The Morgan fingerprint density at radius 3 is 2.50 bits per heavy atom. The Hall–Kier alpha value is -2.50. The highest BCUT2D eigenvalue weighted by Crippen LogP contribution is 2.26. The molecule has 0 aromatic heterocycles. The first-order valence-electron chi connectivity index (χ1n) is 6.82. The monoisotopic (exact) mass is 307 g/mol. The molecule has 0 aliphatic carbocycles. The minimum absolute atomic E-state index is 0.0228. The highest BCUT2D eigenvalue weighted by molar-refractivity contribution is 5.94. The molecule has 1 atom stereocenters. The number of nitrogens with one attached hydrogen (secondary N) is 1. The fourth-order valence-electron chi connectivity index (χ4n) is 1.80. The lowest BCUT2D eigenvalue weighted by atomic mass is 10.0. The van der Waals surface area contributed by atoms with Gasteiger partial charge in [0.25, 0.3) is 0 Å². The normalized spacial score (nSPS) is 12.2. The second-order valence-corrected chi connectivity index (χ2v) is 5.02. The number of rotatable bonds is 6. The zero-order chi connectivity index (χ0) is 16.7. The molecule has 1 unspecified atom stereocenters. The van der Waals surface area contributed by atoms with Gasteiger partial charge in [-0.3, -0.25) is 4.79 Å². The third-order valence-electron chi connectivity index (χ3n) is 3.05. The summed E-state index contributed by atoms with van der Waals surface area (Å²) in [6.07, 6.45) is 2.87. The number of aromatic hydroxyl groups is 1. The van der Waals surface area contributed by atoms with Crippen molar-refractivity contribution < 1.29 is 24.2 Å². The number of esters is 1. The Morgan fingerprint density at radius 2 is 1.95 bits per heavy atom. The summed E-state index contributed by atoms with van der Waals surface area (Å²) in [7, 11) is 2.72.